The minimum Gasteiger partial charge on any atom is -0.462 e. The maximum Gasteiger partial charge on any atom is 0.306 e. The summed E-state index contributed by atoms with van der Waals surface area (Å²) in [5.41, 5.74) is 0. The van der Waals surface area contributed by atoms with Crippen LogP contribution in [0.3, 0.4) is 0 Å². The van der Waals surface area contributed by atoms with Crippen LogP contribution in [0.5, 0.6) is 0 Å². The van der Waals surface area contributed by atoms with Gasteiger partial charge in [0.1, 0.15) is 13.2 Å². The molecule has 81 heavy (non-hydrogen) atoms. The molecule has 0 aromatic heterocycles. The molecule has 0 rings (SSSR count). The number of hydrogen-bond donors (Lipinski definition) is 0. The Morgan fingerprint density at radius 2 is 0.457 bits per heavy atom. The molecular formula is C75H112O6. The van der Waals surface area contributed by atoms with Crippen molar-refractivity contribution in [1.29, 1.82) is 0 Å². The molecule has 0 saturated heterocycles. The van der Waals surface area contributed by atoms with Crippen molar-refractivity contribution in [1.82, 2.24) is 0 Å². The van der Waals surface area contributed by atoms with Gasteiger partial charge in [0.25, 0.3) is 0 Å². The monoisotopic (exact) mass is 1110 g/mol. The van der Waals surface area contributed by atoms with E-state index in [1.807, 2.05) is 0 Å². The van der Waals surface area contributed by atoms with Crippen LogP contribution in [0.2, 0.25) is 0 Å². The predicted molar refractivity (Wildman–Crippen MR) is 352 cm³/mol. The number of allylic oxidation sites excluding steroid dienone is 34. The Bertz CT molecular complexity index is 2000. The van der Waals surface area contributed by atoms with Gasteiger partial charge >= 0.3 is 17.9 Å². The lowest BCUT2D eigenvalue weighted by Gasteiger charge is -2.18. The quantitative estimate of drug-likeness (QED) is 0.0261. The molecule has 0 N–H and O–H groups in total. The molecule has 0 amide bonds. The average molecular weight is 1110 g/mol. The van der Waals surface area contributed by atoms with Crippen LogP contribution in [-0.2, 0) is 28.6 Å². The summed E-state index contributed by atoms with van der Waals surface area (Å²) in [5.74, 6) is -1.08. The Hall–Kier alpha value is -6.01. The minimum atomic E-state index is -0.852. The third-order valence-electron chi connectivity index (χ3n) is 12.3. The molecule has 6 heteroatoms. The number of unbranched alkanes of at least 4 members (excludes halogenated alkanes) is 9. The second kappa shape index (κ2) is 66.5. The first-order chi connectivity index (χ1) is 40.0. The zero-order valence-electron chi connectivity index (χ0n) is 51.2. The lowest BCUT2D eigenvalue weighted by atomic mass is 10.1. The van der Waals surface area contributed by atoms with Crippen LogP contribution in [0.4, 0.5) is 0 Å². The zero-order chi connectivity index (χ0) is 58.5. The van der Waals surface area contributed by atoms with Crippen molar-refractivity contribution in [3.05, 3.63) is 207 Å². The fourth-order valence-corrected chi connectivity index (χ4v) is 7.67. The molecule has 0 aromatic rings. The molecule has 0 fully saturated rings. The first-order valence-corrected chi connectivity index (χ1v) is 31.6. The summed E-state index contributed by atoms with van der Waals surface area (Å²) in [4.78, 5) is 38.3. The minimum absolute atomic E-state index is 0.137. The van der Waals surface area contributed by atoms with Gasteiger partial charge in [-0.05, 0) is 154 Å². The summed E-state index contributed by atoms with van der Waals surface area (Å²) in [7, 11) is 0. The highest BCUT2D eigenvalue weighted by Gasteiger charge is 2.19. The van der Waals surface area contributed by atoms with Gasteiger partial charge in [0.15, 0.2) is 6.10 Å². The van der Waals surface area contributed by atoms with Gasteiger partial charge in [-0.1, -0.05) is 259 Å². The molecule has 0 heterocycles. The van der Waals surface area contributed by atoms with Gasteiger partial charge in [0.05, 0.1) is 0 Å². The largest absolute Gasteiger partial charge is 0.462 e. The van der Waals surface area contributed by atoms with Crippen LogP contribution in [-0.4, -0.2) is 37.2 Å². The molecule has 0 aliphatic rings. The van der Waals surface area contributed by atoms with E-state index < -0.39 is 12.1 Å². The van der Waals surface area contributed by atoms with E-state index in [1.54, 1.807) is 0 Å². The van der Waals surface area contributed by atoms with Gasteiger partial charge in [0, 0.05) is 19.3 Å². The summed E-state index contributed by atoms with van der Waals surface area (Å²) in [6, 6.07) is 0. The number of carbonyl (C=O) groups is 3. The molecule has 0 saturated carbocycles. The molecule has 0 aliphatic heterocycles. The van der Waals surface area contributed by atoms with Crippen molar-refractivity contribution >= 4 is 17.9 Å². The SMILES string of the molecule is CC/C=C\C/C=C\C/C=C\C/C=C\C/C=C\C/C=C\C/C=C\CCCC(=O)OCC(COC(=O)CCCCCCCCC/C=C\C/C=C\C/C=C\CC)OC(=O)CCC/C=C\C/C=C\C/C=C\C/C=C\C/C=C\C/C=C\C/C=C\CC. The third-order valence-corrected chi connectivity index (χ3v) is 12.3. The molecule has 448 valence electrons. The first-order valence-electron chi connectivity index (χ1n) is 31.6. The maximum absolute atomic E-state index is 12.9. The first kappa shape index (κ1) is 75.0. The summed E-state index contributed by atoms with van der Waals surface area (Å²) in [6.07, 6.45) is 103. The average Bonchev–Trinajstić information content (AvgIpc) is 3.47. The molecule has 0 spiro atoms. The van der Waals surface area contributed by atoms with Crippen molar-refractivity contribution in [2.24, 2.45) is 0 Å². The van der Waals surface area contributed by atoms with Gasteiger partial charge in [0.2, 0.25) is 0 Å². The van der Waals surface area contributed by atoms with E-state index in [0.29, 0.717) is 19.3 Å². The highest BCUT2D eigenvalue weighted by atomic mass is 16.6. The van der Waals surface area contributed by atoms with E-state index in [2.05, 4.69) is 227 Å². The van der Waals surface area contributed by atoms with Crippen molar-refractivity contribution in [2.75, 3.05) is 13.2 Å². The number of hydrogen-bond acceptors (Lipinski definition) is 6. The van der Waals surface area contributed by atoms with E-state index >= 15 is 0 Å². The summed E-state index contributed by atoms with van der Waals surface area (Å²) in [6.45, 7) is 6.18. The van der Waals surface area contributed by atoms with Crippen LogP contribution in [0.1, 0.15) is 226 Å². The van der Waals surface area contributed by atoms with E-state index in [4.69, 9.17) is 14.2 Å². The van der Waals surface area contributed by atoms with Crippen LogP contribution in [0, 0.1) is 0 Å². The van der Waals surface area contributed by atoms with Crippen molar-refractivity contribution in [3.63, 3.8) is 0 Å². The Morgan fingerprint density at radius 1 is 0.247 bits per heavy atom. The van der Waals surface area contributed by atoms with Crippen LogP contribution in [0.15, 0.2) is 207 Å². The molecule has 0 aliphatic carbocycles. The predicted octanol–water partition coefficient (Wildman–Crippen LogP) is 22.0. The lowest BCUT2D eigenvalue weighted by molar-refractivity contribution is -0.167. The van der Waals surface area contributed by atoms with Crippen LogP contribution >= 0.6 is 0 Å². The topological polar surface area (TPSA) is 78.9 Å². The van der Waals surface area contributed by atoms with Crippen molar-refractivity contribution < 1.29 is 28.6 Å². The number of carbonyl (C=O) groups excluding carboxylic acids is 3. The Labute approximate surface area is 496 Å². The second-order valence-electron chi connectivity index (χ2n) is 19.8. The molecule has 6 nitrogen and oxygen atoms in total. The maximum atomic E-state index is 12.9. The lowest BCUT2D eigenvalue weighted by Crippen LogP contribution is -2.30. The molecular weight excluding hydrogens is 997 g/mol. The van der Waals surface area contributed by atoms with E-state index in [9.17, 15) is 14.4 Å². The molecule has 0 bridgehead atoms. The number of ether oxygens (including phenoxy) is 3. The smallest absolute Gasteiger partial charge is 0.306 e. The highest BCUT2D eigenvalue weighted by molar-refractivity contribution is 5.71. The normalized spacial score (nSPS) is 13.6. The van der Waals surface area contributed by atoms with Crippen LogP contribution in [0.25, 0.3) is 0 Å². The van der Waals surface area contributed by atoms with Gasteiger partial charge in [-0.25, -0.2) is 0 Å². The summed E-state index contributed by atoms with van der Waals surface area (Å²) < 4.78 is 16.8. The molecule has 1 unspecified atom stereocenters. The highest BCUT2D eigenvalue weighted by Crippen LogP contribution is 2.12. The Kier molecular flexibility index (Phi) is 61.6. The second-order valence-corrected chi connectivity index (χ2v) is 19.8. The van der Waals surface area contributed by atoms with Crippen LogP contribution < -0.4 is 0 Å². The summed E-state index contributed by atoms with van der Waals surface area (Å²) >= 11 is 0. The fraction of sp³-hybridized carbons (Fsp3) is 0.507. The molecule has 0 radical (unpaired) electrons. The fourth-order valence-electron chi connectivity index (χ4n) is 7.67. The number of esters is 3. The van der Waals surface area contributed by atoms with Gasteiger partial charge < -0.3 is 14.2 Å². The molecule has 0 aromatic carbocycles. The Balaban J connectivity index is 4.65. The Morgan fingerprint density at radius 3 is 0.741 bits per heavy atom. The number of rotatable bonds is 54. The van der Waals surface area contributed by atoms with Gasteiger partial charge in [-0.3, -0.25) is 14.4 Å². The standard InChI is InChI=1S/C75H112O6/c1-4-7-10-13-16-19-22-25-28-31-33-35-37-39-41-44-47-50-53-56-59-62-65-68-74(77)80-71-72(70-79-73(76)67-64-61-58-55-52-49-46-43-30-27-24-21-18-15-12-9-6-3)81-75(78)69-66-63-60-57-54-51-48-45-42-40-38-36-34-32-29-26-23-20-17-14-11-8-5-2/h7-12,16-21,25-30,33-36,39-42,47-48,50-51,56-57,59-60,72H,4-6,13-15,22-24,31-32,37-38,43-46,49,52-55,58,61-71H2,1-3H3/b10-7-,11-8-,12-9-,19-16-,20-17-,21-18-,28-25-,29-26-,30-27-,35-33-,36-34-,41-39-,42-40-,50-47-,51-48-,59-56-,60-57-. The van der Waals surface area contributed by atoms with Gasteiger partial charge in [-0.15, -0.1) is 0 Å². The summed E-state index contributed by atoms with van der Waals surface area (Å²) in [5, 5.41) is 0. The van der Waals surface area contributed by atoms with Crippen molar-refractivity contribution in [3.8, 4) is 0 Å². The van der Waals surface area contributed by atoms with E-state index in [0.717, 1.165) is 154 Å². The third kappa shape index (κ3) is 64.7. The van der Waals surface area contributed by atoms with E-state index in [-0.39, 0.29) is 38.0 Å². The van der Waals surface area contributed by atoms with E-state index in [1.165, 1.54) is 19.3 Å². The van der Waals surface area contributed by atoms with Crippen molar-refractivity contribution in [2.45, 2.75) is 232 Å². The van der Waals surface area contributed by atoms with Gasteiger partial charge in [-0.2, -0.15) is 0 Å². The molecule has 1 atom stereocenters. The zero-order valence-corrected chi connectivity index (χ0v) is 51.2.